The molecule has 105 valence electrons. The molecule has 0 aliphatic rings. The smallest absolute Gasteiger partial charge is 0.330 e. The third kappa shape index (κ3) is 31.4. The average Bonchev–Trinajstić information content (AvgIpc) is 2.18. The minimum Gasteiger partial charge on any atom is -0.478 e. The predicted octanol–water partition coefficient (Wildman–Crippen LogP) is 1.56. The first kappa shape index (κ1) is 25.9. The summed E-state index contributed by atoms with van der Waals surface area (Å²) in [6.45, 7) is 13.8. The van der Waals surface area contributed by atoms with Crippen LogP contribution in [-0.2, 0) is 14.4 Å². The molecule has 6 nitrogen and oxygen atoms in total. The maximum Gasteiger partial charge on any atom is 0.330 e. The van der Waals surface area contributed by atoms with Crippen molar-refractivity contribution in [3.05, 3.63) is 36.5 Å². The molecule has 0 aromatic carbocycles. The first-order chi connectivity index (χ1) is 7.93. The lowest BCUT2D eigenvalue weighted by atomic mass is 10.4. The highest BCUT2D eigenvalue weighted by Crippen LogP contribution is 1.82. The molecule has 0 fully saturated rings. The topological polar surface area (TPSA) is 112 Å². The first-order valence-corrected chi connectivity index (χ1v) is 4.59. The third-order valence-electron chi connectivity index (χ3n) is 1.10. The lowest BCUT2D eigenvalue weighted by Gasteiger charge is -1.79. The Kier molecular flexibility index (Phi) is 19.4. The highest BCUT2D eigenvalue weighted by Gasteiger charge is 1.91. The van der Waals surface area contributed by atoms with Crippen LogP contribution in [0.3, 0.4) is 0 Å². The molecule has 0 bridgehead atoms. The monoisotopic (exact) mass is 285 g/mol. The van der Waals surface area contributed by atoms with Crippen LogP contribution in [0.5, 0.6) is 0 Å². The van der Waals surface area contributed by atoms with Crippen molar-refractivity contribution >= 4 is 35.3 Å². The Hall–Kier alpha value is -1.84. The quantitative estimate of drug-likeness (QED) is 0.536. The lowest BCUT2D eigenvalue weighted by Crippen LogP contribution is -1.92. The van der Waals surface area contributed by atoms with Gasteiger partial charge in [0.1, 0.15) is 0 Å². The van der Waals surface area contributed by atoms with E-state index in [2.05, 4.69) is 19.7 Å². The van der Waals surface area contributed by atoms with E-state index in [1.54, 1.807) is 0 Å². The van der Waals surface area contributed by atoms with Crippen molar-refractivity contribution in [3.63, 3.8) is 0 Å². The molecule has 0 amide bonds. The van der Waals surface area contributed by atoms with Crippen LogP contribution in [0.1, 0.15) is 20.8 Å². The van der Waals surface area contributed by atoms with E-state index in [1.807, 2.05) is 0 Å². The fourth-order valence-electron chi connectivity index (χ4n) is 0. The minimum absolute atomic E-state index is 0. The third-order valence-corrected chi connectivity index (χ3v) is 1.10. The maximum atomic E-state index is 9.60. The Labute approximate surface area is 122 Å². The molecule has 0 spiro atoms. The van der Waals surface area contributed by atoms with E-state index in [-0.39, 0.29) is 34.1 Å². The van der Waals surface area contributed by atoms with Crippen LogP contribution in [0.2, 0.25) is 0 Å². The second-order valence-electron chi connectivity index (χ2n) is 3.26. The Morgan fingerprint density at radius 1 is 0.632 bits per heavy atom. The summed E-state index contributed by atoms with van der Waals surface area (Å²) >= 11 is 0. The van der Waals surface area contributed by atoms with Gasteiger partial charge in [0.2, 0.25) is 0 Å². The zero-order valence-electron chi connectivity index (χ0n) is 11.3. The summed E-state index contributed by atoms with van der Waals surface area (Å²) in [5.74, 6) is -2.81. The largest absolute Gasteiger partial charge is 0.478 e. The number of hydrogen-bond acceptors (Lipinski definition) is 3. The summed E-state index contributed by atoms with van der Waals surface area (Å²) in [6, 6.07) is 0. The molecule has 3 radical (unpaired) electrons. The van der Waals surface area contributed by atoms with Gasteiger partial charge in [-0.2, -0.15) is 0 Å². The molecule has 0 heterocycles. The molecule has 0 aromatic heterocycles. The number of hydrogen-bond donors (Lipinski definition) is 3. The SMILES string of the molecule is C=C(C)C(=O)O.C=C(C)C(=O)O.C=C(C)C(=O)O.[Al]. The van der Waals surface area contributed by atoms with Crippen LogP contribution in [-0.4, -0.2) is 50.6 Å². The summed E-state index contributed by atoms with van der Waals surface area (Å²) in [4.78, 5) is 28.8. The summed E-state index contributed by atoms with van der Waals surface area (Å²) in [5, 5.41) is 23.7. The second kappa shape index (κ2) is 14.2. The van der Waals surface area contributed by atoms with Crippen molar-refractivity contribution in [1.29, 1.82) is 0 Å². The molecule has 0 atom stereocenters. The first-order valence-electron chi connectivity index (χ1n) is 4.59. The molecular weight excluding hydrogens is 267 g/mol. The molecule has 0 aliphatic carbocycles. The fourth-order valence-corrected chi connectivity index (χ4v) is 0. The van der Waals surface area contributed by atoms with Crippen LogP contribution in [0, 0.1) is 0 Å². The zero-order chi connectivity index (χ0) is 15.5. The van der Waals surface area contributed by atoms with Crippen molar-refractivity contribution < 1.29 is 29.7 Å². The zero-order valence-corrected chi connectivity index (χ0v) is 12.4. The molecule has 7 heteroatoms. The van der Waals surface area contributed by atoms with E-state index in [9.17, 15) is 14.4 Å². The van der Waals surface area contributed by atoms with Crippen LogP contribution in [0.15, 0.2) is 36.5 Å². The van der Waals surface area contributed by atoms with Gasteiger partial charge < -0.3 is 15.3 Å². The van der Waals surface area contributed by atoms with E-state index >= 15 is 0 Å². The summed E-state index contributed by atoms with van der Waals surface area (Å²) < 4.78 is 0. The molecule has 0 aromatic rings. The van der Waals surface area contributed by atoms with Crippen molar-refractivity contribution in [2.75, 3.05) is 0 Å². The van der Waals surface area contributed by atoms with Crippen molar-refractivity contribution in [2.24, 2.45) is 0 Å². The Morgan fingerprint density at radius 2 is 0.684 bits per heavy atom. The van der Waals surface area contributed by atoms with Gasteiger partial charge in [0.15, 0.2) is 0 Å². The van der Waals surface area contributed by atoms with E-state index in [4.69, 9.17) is 15.3 Å². The molecule has 0 saturated carbocycles. The van der Waals surface area contributed by atoms with Gasteiger partial charge in [-0.25, -0.2) is 14.4 Å². The standard InChI is InChI=1S/3C4H6O2.Al/c3*1-3(2)4(5)6;/h3*1H2,2H3,(H,5,6);. The normalized spacial score (nSPS) is 7.11. The number of rotatable bonds is 3. The summed E-state index contributed by atoms with van der Waals surface area (Å²) in [6.07, 6.45) is 0. The van der Waals surface area contributed by atoms with Gasteiger partial charge in [-0.15, -0.1) is 0 Å². The lowest BCUT2D eigenvalue weighted by molar-refractivity contribution is -0.133. The number of carboxylic acid groups (broad SMARTS) is 3. The van der Waals surface area contributed by atoms with Gasteiger partial charge >= 0.3 is 17.9 Å². The van der Waals surface area contributed by atoms with E-state index in [1.165, 1.54) is 20.8 Å². The summed E-state index contributed by atoms with van der Waals surface area (Å²) in [7, 11) is 0. The highest BCUT2D eigenvalue weighted by molar-refractivity contribution is 5.85. The van der Waals surface area contributed by atoms with Crippen molar-refractivity contribution in [3.8, 4) is 0 Å². The van der Waals surface area contributed by atoms with Crippen LogP contribution in [0.4, 0.5) is 0 Å². The number of carbonyl (C=O) groups is 3. The molecule has 0 aliphatic heterocycles. The van der Waals surface area contributed by atoms with Gasteiger partial charge in [0, 0.05) is 34.1 Å². The van der Waals surface area contributed by atoms with Crippen LogP contribution < -0.4 is 0 Å². The summed E-state index contributed by atoms with van der Waals surface area (Å²) in [5.41, 5.74) is 0.528. The van der Waals surface area contributed by atoms with Crippen LogP contribution in [0.25, 0.3) is 0 Å². The van der Waals surface area contributed by atoms with Gasteiger partial charge in [0.25, 0.3) is 0 Å². The highest BCUT2D eigenvalue weighted by atomic mass is 27.0. The Balaban J connectivity index is -0.0000000865. The van der Waals surface area contributed by atoms with Gasteiger partial charge in [-0.05, 0) is 20.8 Å². The van der Waals surface area contributed by atoms with Gasteiger partial charge in [-0.3, -0.25) is 0 Å². The average molecular weight is 285 g/mol. The predicted molar refractivity (Wildman–Crippen MR) is 73.1 cm³/mol. The number of aliphatic carboxylic acids is 3. The Morgan fingerprint density at radius 3 is 0.684 bits per heavy atom. The molecular formula is C12H18AlO6. The molecule has 0 saturated heterocycles. The Bertz CT molecular complexity index is 277. The molecule has 0 rings (SSSR count). The molecule has 19 heavy (non-hydrogen) atoms. The molecule has 3 N–H and O–H groups in total. The van der Waals surface area contributed by atoms with E-state index in [0.29, 0.717) is 0 Å². The van der Waals surface area contributed by atoms with Crippen molar-refractivity contribution in [1.82, 2.24) is 0 Å². The van der Waals surface area contributed by atoms with Gasteiger partial charge in [-0.1, -0.05) is 19.7 Å². The minimum atomic E-state index is -0.935. The molecule has 0 unspecified atom stereocenters. The number of carboxylic acids is 3. The van der Waals surface area contributed by atoms with Gasteiger partial charge in [0.05, 0.1) is 0 Å². The van der Waals surface area contributed by atoms with Crippen molar-refractivity contribution in [2.45, 2.75) is 20.8 Å². The van der Waals surface area contributed by atoms with E-state index in [0.717, 1.165) is 0 Å². The van der Waals surface area contributed by atoms with E-state index < -0.39 is 17.9 Å². The fraction of sp³-hybridized carbons (Fsp3) is 0.250. The second-order valence-corrected chi connectivity index (χ2v) is 3.26. The van der Waals surface area contributed by atoms with Crippen LogP contribution >= 0.6 is 0 Å². The maximum absolute atomic E-state index is 9.60.